The zero-order valence-electron chi connectivity index (χ0n) is 27.1. The van der Waals surface area contributed by atoms with Crippen molar-refractivity contribution in [3.63, 3.8) is 0 Å². The average Bonchev–Trinajstić information content (AvgIpc) is 3.86. The molecule has 3 heterocycles. The smallest absolute Gasteiger partial charge is 0.335 e. The molecule has 1 saturated heterocycles. The molecule has 2 aliphatic heterocycles. The number of Topliss-reactive ketones (excluding diaryl/α,β-unsaturated/α-hetero) is 1. The van der Waals surface area contributed by atoms with Crippen molar-refractivity contribution >= 4 is 35.2 Å². The highest BCUT2D eigenvalue weighted by atomic mass is 35.5. The van der Waals surface area contributed by atoms with E-state index in [1.165, 1.54) is 53.6 Å². The molecule has 1 unspecified atom stereocenters. The highest BCUT2D eigenvalue weighted by Crippen LogP contribution is 2.38. The zero-order valence-corrected chi connectivity index (χ0v) is 27.8. The van der Waals surface area contributed by atoms with Crippen LogP contribution in [0.15, 0.2) is 85.1 Å². The van der Waals surface area contributed by atoms with Crippen molar-refractivity contribution in [1.29, 1.82) is 0 Å². The van der Waals surface area contributed by atoms with E-state index in [0.29, 0.717) is 41.8 Å². The van der Waals surface area contributed by atoms with Crippen LogP contribution in [-0.4, -0.2) is 73.1 Å². The normalized spacial score (nSPS) is 15.5. The number of likely N-dealkylation sites (tertiary alicyclic amines) is 1. The average molecular weight is 710 g/mol. The lowest BCUT2D eigenvalue weighted by atomic mass is 9.83. The first-order chi connectivity index (χ1) is 24.6. The predicted molar refractivity (Wildman–Crippen MR) is 183 cm³/mol. The Balaban J connectivity index is 1.27. The molecule has 5 aromatic rings. The van der Waals surface area contributed by atoms with Gasteiger partial charge in [-0.1, -0.05) is 59.3 Å². The van der Waals surface area contributed by atoms with Crippen LogP contribution in [0.1, 0.15) is 66.8 Å². The molecule has 1 N–H and O–H groups in total. The first-order valence-corrected chi connectivity index (χ1v) is 16.7. The number of fused-ring (bicyclic) bond motifs is 1. The van der Waals surface area contributed by atoms with Crippen molar-refractivity contribution in [3.8, 4) is 16.8 Å². The van der Waals surface area contributed by atoms with Crippen LogP contribution in [0.5, 0.6) is 0 Å². The second-order valence-electron chi connectivity index (χ2n) is 12.5. The number of rotatable bonds is 8. The Bertz CT molecular complexity index is 2200. The number of ketones is 1. The number of aromatic carboxylic acids is 1. The monoisotopic (exact) mass is 709 g/mol. The molecule has 0 bridgehead atoms. The molecule has 258 valence electrons. The summed E-state index contributed by atoms with van der Waals surface area (Å²) in [7, 11) is 0. The first kappa shape index (κ1) is 33.7. The van der Waals surface area contributed by atoms with E-state index in [0.717, 1.165) is 23.1 Å². The van der Waals surface area contributed by atoms with Gasteiger partial charge in [-0.3, -0.25) is 14.4 Å². The van der Waals surface area contributed by atoms with Crippen LogP contribution < -0.4 is 0 Å². The molecule has 1 aromatic heterocycles. The van der Waals surface area contributed by atoms with Gasteiger partial charge in [0.1, 0.15) is 17.5 Å². The molecule has 10 nitrogen and oxygen atoms in total. The fourth-order valence-electron chi connectivity index (χ4n) is 6.81. The Morgan fingerprint density at radius 1 is 0.882 bits per heavy atom. The number of hydrogen-bond acceptors (Lipinski definition) is 6. The van der Waals surface area contributed by atoms with Gasteiger partial charge < -0.3 is 14.9 Å². The molecule has 13 heteroatoms. The van der Waals surface area contributed by atoms with Gasteiger partial charge in [0.2, 0.25) is 0 Å². The molecule has 2 amide bonds. The minimum atomic E-state index is -1.10. The summed E-state index contributed by atoms with van der Waals surface area (Å²) in [5.74, 6) is -3.79. The number of aromatic nitrogens is 3. The second-order valence-corrected chi connectivity index (χ2v) is 12.9. The van der Waals surface area contributed by atoms with Gasteiger partial charge in [-0.15, -0.1) is 5.10 Å². The standard InChI is InChI=1S/C38H30ClF2N5O5/c39-29-7-4-8-32(34(29)41)46-21-31(42-43-46)37(49)45-18-15-26-25(24-13-14-30(40)28(20-24)36(48)44-16-1-2-17-44)5-3-6-27(26)35(45)33(47)19-22-9-11-23(12-10-22)38(50)51/h3-14,20-21,35H,1-2,15-19H2,(H,50,51). The number of carbonyl (C=O) groups excluding carboxylic acids is 3. The quantitative estimate of drug-likeness (QED) is 0.199. The number of carboxylic acid groups (broad SMARTS) is 1. The maximum atomic E-state index is 15.0. The SMILES string of the molecule is O=C(O)c1ccc(CC(=O)C2c3cccc(-c4ccc(F)c(C(=O)N5CCCC5)c4)c3CCN2C(=O)c2cn(-c3cccc(Cl)c3F)nn2)cc1. The Morgan fingerprint density at radius 3 is 2.37 bits per heavy atom. The lowest BCUT2D eigenvalue weighted by Gasteiger charge is -2.37. The summed E-state index contributed by atoms with van der Waals surface area (Å²) in [5.41, 5.74) is 3.04. The molecular formula is C38H30ClF2N5O5. The summed E-state index contributed by atoms with van der Waals surface area (Å²) >= 11 is 5.95. The Hall–Kier alpha value is -5.75. The van der Waals surface area contributed by atoms with Gasteiger partial charge in [-0.2, -0.15) is 0 Å². The van der Waals surface area contributed by atoms with E-state index < -0.39 is 29.6 Å². The van der Waals surface area contributed by atoms with E-state index in [1.54, 1.807) is 35.2 Å². The molecular weight excluding hydrogens is 680 g/mol. The van der Waals surface area contributed by atoms with Crippen LogP contribution in [0.3, 0.4) is 0 Å². The number of nitrogens with zero attached hydrogens (tertiary/aromatic N) is 5. The molecule has 0 aliphatic carbocycles. The van der Waals surface area contributed by atoms with Crippen LogP contribution in [0.25, 0.3) is 16.8 Å². The molecule has 7 rings (SSSR count). The van der Waals surface area contributed by atoms with Crippen LogP contribution in [0.4, 0.5) is 8.78 Å². The highest BCUT2D eigenvalue weighted by Gasteiger charge is 2.38. The number of hydrogen-bond donors (Lipinski definition) is 1. The van der Waals surface area contributed by atoms with Crippen molar-refractivity contribution < 1.29 is 33.1 Å². The third-order valence-corrected chi connectivity index (χ3v) is 9.65. The topological polar surface area (TPSA) is 126 Å². The van der Waals surface area contributed by atoms with Gasteiger partial charge >= 0.3 is 5.97 Å². The summed E-state index contributed by atoms with van der Waals surface area (Å²) in [6.45, 7) is 1.23. The fourth-order valence-corrected chi connectivity index (χ4v) is 6.98. The summed E-state index contributed by atoms with van der Waals surface area (Å²) in [4.78, 5) is 56.0. The van der Waals surface area contributed by atoms with E-state index in [9.17, 15) is 28.7 Å². The number of carbonyl (C=O) groups is 4. The van der Waals surface area contributed by atoms with Crippen LogP contribution in [-0.2, 0) is 17.6 Å². The zero-order chi connectivity index (χ0) is 35.8. The molecule has 0 radical (unpaired) electrons. The number of amides is 2. The minimum absolute atomic E-state index is 0.0120. The second kappa shape index (κ2) is 13.9. The van der Waals surface area contributed by atoms with Gasteiger partial charge in [0.05, 0.1) is 22.3 Å². The predicted octanol–water partition coefficient (Wildman–Crippen LogP) is 6.35. The van der Waals surface area contributed by atoms with E-state index in [-0.39, 0.29) is 52.2 Å². The van der Waals surface area contributed by atoms with E-state index in [4.69, 9.17) is 11.6 Å². The maximum absolute atomic E-state index is 15.0. The Labute approximate surface area is 295 Å². The van der Waals surface area contributed by atoms with Crippen LogP contribution in [0, 0.1) is 11.6 Å². The van der Waals surface area contributed by atoms with Gasteiger partial charge in [-0.05, 0) is 83.5 Å². The van der Waals surface area contributed by atoms with Crippen molar-refractivity contribution in [2.45, 2.75) is 31.7 Å². The molecule has 1 atom stereocenters. The van der Waals surface area contributed by atoms with E-state index in [1.807, 2.05) is 6.07 Å². The van der Waals surface area contributed by atoms with E-state index >= 15 is 4.39 Å². The fraction of sp³-hybridized carbons (Fsp3) is 0.211. The highest BCUT2D eigenvalue weighted by molar-refractivity contribution is 6.30. The molecule has 0 spiro atoms. The van der Waals surface area contributed by atoms with Crippen molar-refractivity contribution in [1.82, 2.24) is 24.8 Å². The van der Waals surface area contributed by atoms with E-state index in [2.05, 4.69) is 10.3 Å². The summed E-state index contributed by atoms with van der Waals surface area (Å²) < 4.78 is 30.9. The van der Waals surface area contributed by atoms with Crippen molar-refractivity contribution in [3.05, 3.63) is 135 Å². The van der Waals surface area contributed by atoms with Gasteiger partial charge in [-0.25, -0.2) is 18.3 Å². The molecule has 51 heavy (non-hydrogen) atoms. The lowest BCUT2D eigenvalue weighted by Crippen LogP contribution is -2.44. The van der Waals surface area contributed by atoms with Crippen LogP contribution >= 0.6 is 11.6 Å². The maximum Gasteiger partial charge on any atom is 0.335 e. The van der Waals surface area contributed by atoms with Gasteiger partial charge in [0, 0.05) is 26.1 Å². The van der Waals surface area contributed by atoms with Crippen molar-refractivity contribution in [2.24, 2.45) is 0 Å². The Kier molecular flexibility index (Phi) is 9.17. The number of carboxylic acids is 1. The summed E-state index contributed by atoms with van der Waals surface area (Å²) in [6.07, 6.45) is 3.19. The third-order valence-electron chi connectivity index (χ3n) is 9.36. The molecule has 1 fully saturated rings. The lowest BCUT2D eigenvalue weighted by molar-refractivity contribution is -0.123. The largest absolute Gasteiger partial charge is 0.478 e. The summed E-state index contributed by atoms with van der Waals surface area (Å²) in [6, 6.07) is 18.9. The number of benzene rings is 4. The Morgan fingerprint density at radius 2 is 1.63 bits per heavy atom. The molecule has 2 aliphatic rings. The molecule has 0 saturated carbocycles. The third kappa shape index (κ3) is 6.50. The molecule has 4 aromatic carbocycles. The number of halogens is 3. The first-order valence-electron chi connectivity index (χ1n) is 16.3. The van der Waals surface area contributed by atoms with Gasteiger partial charge in [0.15, 0.2) is 17.3 Å². The van der Waals surface area contributed by atoms with Crippen molar-refractivity contribution in [2.75, 3.05) is 19.6 Å². The minimum Gasteiger partial charge on any atom is -0.478 e. The van der Waals surface area contributed by atoms with Gasteiger partial charge in [0.25, 0.3) is 11.8 Å². The summed E-state index contributed by atoms with van der Waals surface area (Å²) in [5, 5.41) is 17.1. The van der Waals surface area contributed by atoms with Crippen LogP contribution in [0.2, 0.25) is 5.02 Å².